The van der Waals surface area contributed by atoms with Gasteiger partial charge in [-0.25, -0.2) is 0 Å². The molecule has 0 aromatic heterocycles. The molecule has 0 aliphatic heterocycles. The Kier molecular flexibility index (Phi) is 5.98. The summed E-state index contributed by atoms with van der Waals surface area (Å²) in [4.78, 5) is 0. The van der Waals surface area contributed by atoms with Gasteiger partial charge in [0.1, 0.15) is 5.60 Å². The van der Waals surface area contributed by atoms with Crippen LogP contribution in [0.15, 0.2) is 0 Å². The summed E-state index contributed by atoms with van der Waals surface area (Å²) < 4.78 is -1.59. The van der Waals surface area contributed by atoms with Crippen molar-refractivity contribution in [3.63, 3.8) is 0 Å². The third-order valence-electron chi connectivity index (χ3n) is 0.694. The van der Waals surface area contributed by atoms with Gasteiger partial charge in [-0.1, -0.05) is 34.8 Å². The van der Waals surface area contributed by atoms with E-state index in [1.807, 2.05) is 0 Å². The molecular weight excluding hydrogens is 193 g/mol. The van der Waals surface area contributed by atoms with Crippen LogP contribution in [0.3, 0.4) is 0 Å². The summed E-state index contributed by atoms with van der Waals surface area (Å²) in [5.41, 5.74) is -1.27. The monoisotopic (exact) mass is 200 g/mol. The fraction of sp³-hybridized carbons (Fsp3) is 1.00. The molecule has 1 N–H and O–H groups in total. The molecule has 0 unspecified atom stereocenters. The zero-order chi connectivity index (χ0) is 7.00. The summed E-state index contributed by atoms with van der Waals surface area (Å²) >= 11 is 15.9. The van der Waals surface area contributed by atoms with Gasteiger partial charge in [-0.05, 0) is 13.8 Å². The van der Waals surface area contributed by atoms with Gasteiger partial charge in [0.25, 0.3) is 0 Å². The Balaban J connectivity index is 0. The number of halogens is 3. The van der Waals surface area contributed by atoms with Crippen LogP contribution in [0.1, 0.15) is 13.8 Å². The predicted octanol–water partition coefficient (Wildman–Crippen LogP) is 1.48. The van der Waals surface area contributed by atoms with E-state index < -0.39 is 9.39 Å². The molecule has 0 aliphatic rings. The molecule has 0 saturated carbocycles. The summed E-state index contributed by atoms with van der Waals surface area (Å²) in [6.07, 6.45) is 0. The molecule has 0 saturated heterocycles. The van der Waals surface area contributed by atoms with E-state index in [0.29, 0.717) is 0 Å². The van der Waals surface area contributed by atoms with Gasteiger partial charge < -0.3 is 5.11 Å². The van der Waals surface area contributed by atoms with E-state index in [-0.39, 0.29) is 29.6 Å². The van der Waals surface area contributed by atoms with Crippen LogP contribution >= 0.6 is 34.8 Å². The second-order valence-electron chi connectivity index (χ2n) is 2.06. The Morgan fingerprint density at radius 2 is 1.22 bits per heavy atom. The van der Waals surface area contributed by atoms with Gasteiger partial charge in [-0.2, -0.15) is 0 Å². The molecule has 1 nitrogen and oxygen atoms in total. The Labute approximate surface area is 92.0 Å². The zero-order valence-electron chi connectivity index (χ0n) is 4.58. The van der Waals surface area contributed by atoms with Crippen LogP contribution in [0.25, 0.3) is 0 Å². The van der Waals surface area contributed by atoms with Crippen LogP contribution in [-0.2, 0) is 0 Å². The van der Waals surface area contributed by atoms with Crippen LogP contribution in [0, 0.1) is 0 Å². The van der Waals surface area contributed by atoms with Crippen molar-refractivity contribution in [1.82, 2.24) is 0 Å². The Hall–Kier alpha value is 1.83. The van der Waals surface area contributed by atoms with E-state index in [1.165, 1.54) is 13.8 Å². The maximum atomic E-state index is 8.96. The second kappa shape index (κ2) is 4.01. The van der Waals surface area contributed by atoms with Crippen molar-refractivity contribution in [3.05, 3.63) is 0 Å². The number of hydrogen-bond acceptors (Lipinski definition) is 1. The first-order valence-electron chi connectivity index (χ1n) is 2.04. The van der Waals surface area contributed by atoms with Crippen molar-refractivity contribution < 1.29 is 5.11 Å². The first-order chi connectivity index (χ1) is 3.25. The number of hydrogen-bond donors (Lipinski definition) is 1. The van der Waals surface area contributed by atoms with Gasteiger partial charge >= 0.3 is 29.6 Å². The van der Waals surface area contributed by atoms with E-state index in [0.717, 1.165) is 0 Å². The van der Waals surface area contributed by atoms with Crippen LogP contribution in [0.2, 0.25) is 0 Å². The third-order valence-corrected chi connectivity index (χ3v) is 2.08. The molecule has 0 heterocycles. The van der Waals surface area contributed by atoms with Gasteiger partial charge in [0.2, 0.25) is 3.79 Å². The van der Waals surface area contributed by atoms with E-state index >= 15 is 0 Å². The zero-order valence-corrected chi connectivity index (χ0v) is 6.85. The van der Waals surface area contributed by atoms with Gasteiger partial charge in [0.05, 0.1) is 0 Å². The molecule has 0 atom stereocenters. The standard InChI is InChI=1S/C4H7Cl3O.Na.H/c1-3(2,8)4(5,6)7;;/h8H,1-2H3;;. The first-order valence-corrected chi connectivity index (χ1v) is 3.17. The van der Waals surface area contributed by atoms with Crippen LogP contribution in [0.4, 0.5) is 0 Å². The minimum atomic E-state index is -1.59. The topological polar surface area (TPSA) is 20.2 Å². The predicted molar refractivity (Wildman–Crippen MR) is 43.7 cm³/mol. The van der Waals surface area contributed by atoms with Gasteiger partial charge in [-0.15, -0.1) is 0 Å². The number of aliphatic hydroxyl groups is 1. The molecule has 52 valence electrons. The SMILES string of the molecule is CC(C)(O)C(Cl)(Cl)Cl.[NaH]. The Bertz CT molecular complexity index is 70.8. The van der Waals surface area contributed by atoms with Gasteiger partial charge in [0, 0.05) is 0 Å². The molecule has 5 heteroatoms. The molecule has 0 aromatic rings. The average molecular weight is 201 g/mol. The normalized spacial score (nSPS) is 12.7. The van der Waals surface area contributed by atoms with Crippen molar-refractivity contribution in [3.8, 4) is 0 Å². The molecule has 9 heavy (non-hydrogen) atoms. The molecule has 0 fully saturated rings. The van der Waals surface area contributed by atoms with Crippen molar-refractivity contribution in [2.75, 3.05) is 0 Å². The van der Waals surface area contributed by atoms with E-state index in [1.54, 1.807) is 0 Å². The van der Waals surface area contributed by atoms with Crippen LogP contribution in [0.5, 0.6) is 0 Å². The van der Waals surface area contributed by atoms with Crippen molar-refractivity contribution >= 4 is 64.4 Å². The first kappa shape index (κ1) is 13.4. The summed E-state index contributed by atoms with van der Waals surface area (Å²) in [5, 5.41) is 8.96. The second-order valence-corrected chi connectivity index (χ2v) is 4.34. The maximum absolute atomic E-state index is 8.96. The molecule has 0 aliphatic carbocycles. The van der Waals surface area contributed by atoms with Crippen molar-refractivity contribution in [2.45, 2.75) is 23.2 Å². The van der Waals surface area contributed by atoms with E-state index in [9.17, 15) is 0 Å². The fourth-order valence-electron chi connectivity index (χ4n) is 0. The molecule has 0 spiro atoms. The summed E-state index contributed by atoms with van der Waals surface area (Å²) in [5.74, 6) is 0. The molecule has 0 bridgehead atoms. The average Bonchev–Trinajstić information content (AvgIpc) is 1.25. The van der Waals surface area contributed by atoms with Gasteiger partial charge in [0.15, 0.2) is 0 Å². The Morgan fingerprint density at radius 3 is 1.22 bits per heavy atom. The summed E-state index contributed by atoms with van der Waals surface area (Å²) in [7, 11) is 0. The van der Waals surface area contributed by atoms with Crippen molar-refractivity contribution in [2.24, 2.45) is 0 Å². The molecule has 0 amide bonds. The Morgan fingerprint density at radius 1 is 1.11 bits per heavy atom. The van der Waals surface area contributed by atoms with Crippen molar-refractivity contribution in [1.29, 1.82) is 0 Å². The van der Waals surface area contributed by atoms with Crippen LogP contribution < -0.4 is 0 Å². The molecule has 0 rings (SSSR count). The molecular formula is C4H8Cl3NaO. The van der Waals surface area contributed by atoms with Crippen LogP contribution in [-0.4, -0.2) is 44.1 Å². The minimum absolute atomic E-state index is 0. The molecule has 0 aromatic carbocycles. The number of alkyl halides is 3. The summed E-state index contributed by atoms with van der Waals surface area (Å²) in [6, 6.07) is 0. The number of rotatable bonds is 0. The summed E-state index contributed by atoms with van der Waals surface area (Å²) in [6.45, 7) is 2.86. The van der Waals surface area contributed by atoms with E-state index in [4.69, 9.17) is 39.9 Å². The van der Waals surface area contributed by atoms with Gasteiger partial charge in [-0.3, -0.25) is 0 Å². The quantitative estimate of drug-likeness (QED) is 0.465. The fourth-order valence-corrected chi connectivity index (χ4v) is 0. The molecule has 0 radical (unpaired) electrons. The third kappa shape index (κ3) is 5.14. The van der Waals surface area contributed by atoms with E-state index in [2.05, 4.69) is 0 Å².